The minimum absolute atomic E-state index is 0.0767. The Balaban J connectivity index is 1.56. The third-order valence-electron chi connectivity index (χ3n) is 7.99. The molecule has 3 aromatic carbocycles. The van der Waals surface area contributed by atoms with E-state index < -0.39 is 17.3 Å². The number of hydrogen-bond donors (Lipinski definition) is 2. The Morgan fingerprint density at radius 3 is 2.61 bits per heavy atom. The van der Waals surface area contributed by atoms with E-state index in [0.717, 1.165) is 32.5 Å². The second-order valence-corrected chi connectivity index (χ2v) is 12.2. The van der Waals surface area contributed by atoms with Crippen LogP contribution < -0.4 is 11.3 Å². The first-order valence-corrected chi connectivity index (χ1v) is 14.7. The number of nitrogen functional groups attached to an aromatic ring is 1. The van der Waals surface area contributed by atoms with Gasteiger partial charge in [0.25, 0.3) is 5.56 Å². The summed E-state index contributed by atoms with van der Waals surface area (Å²) in [6, 6.07) is 12.3. The number of esters is 1. The maximum Gasteiger partial charge on any atom is 0.302 e. The fourth-order valence-electron chi connectivity index (χ4n) is 5.54. The molecule has 11 nitrogen and oxygen atoms in total. The van der Waals surface area contributed by atoms with E-state index in [-0.39, 0.29) is 17.4 Å². The molecule has 0 amide bonds. The van der Waals surface area contributed by atoms with Gasteiger partial charge in [0.15, 0.2) is 5.82 Å². The molecular weight excluding hydrogens is 589 g/mol. The van der Waals surface area contributed by atoms with E-state index in [1.165, 1.54) is 19.2 Å². The number of anilines is 1. The SMILES string of the molecule is COCCn1cc(-c2cc(-c3cccc(-n4ncc5cc(C(C)(C)C)cc(F)c5c4=O)c3COC(C)=O)cc3c(N)n[nH]c23)cn1. The van der Waals surface area contributed by atoms with E-state index in [9.17, 15) is 9.59 Å². The molecule has 3 N–H and O–H groups in total. The molecule has 0 saturated carbocycles. The number of methoxy groups -OCH3 is 1. The van der Waals surface area contributed by atoms with Gasteiger partial charge in [0.1, 0.15) is 12.4 Å². The summed E-state index contributed by atoms with van der Waals surface area (Å²) in [5.74, 6) is -0.822. The number of carbonyl (C=O) groups is 1. The van der Waals surface area contributed by atoms with Crippen molar-refractivity contribution >= 4 is 33.5 Å². The molecule has 0 atom stereocenters. The Bertz CT molecular complexity index is 2170. The molecule has 0 bridgehead atoms. The quantitative estimate of drug-likeness (QED) is 0.211. The third kappa shape index (κ3) is 5.63. The standard InChI is InChI=1S/C34H34FN7O4/c1-19(43)46-18-27-24(20-12-25(31-26(13-20)32(36)40-39-31)22-16-37-41(17-22)9-10-45-5)7-6-8-29(27)42-33(44)30-21(15-38-42)11-23(14-28(30)35)34(2,3)4/h6-8,11-17H,9-10,18H2,1-5H3,(H3,36,39,40). The number of halogens is 1. The summed E-state index contributed by atoms with van der Waals surface area (Å²) in [6.07, 6.45) is 5.14. The second-order valence-electron chi connectivity index (χ2n) is 12.2. The summed E-state index contributed by atoms with van der Waals surface area (Å²) < 4.78 is 29.1. The number of benzene rings is 3. The number of nitrogens with zero attached hydrogens (tertiary/aromatic N) is 5. The fraction of sp³-hybridized carbons (Fsp3) is 0.265. The van der Waals surface area contributed by atoms with Crippen LogP contribution in [0.25, 0.3) is 49.6 Å². The Morgan fingerprint density at radius 2 is 1.87 bits per heavy atom. The van der Waals surface area contributed by atoms with Crippen molar-refractivity contribution in [3.05, 3.63) is 88.4 Å². The van der Waals surface area contributed by atoms with E-state index in [4.69, 9.17) is 15.2 Å². The van der Waals surface area contributed by atoms with Crippen molar-refractivity contribution in [2.75, 3.05) is 19.5 Å². The average Bonchev–Trinajstić information content (AvgIpc) is 3.64. The van der Waals surface area contributed by atoms with Gasteiger partial charge in [-0.25, -0.2) is 4.39 Å². The largest absolute Gasteiger partial charge is 0.461 e. The number of fused-ring (bicyclic) bond motifs is 2. The topological polar surface area (TPSA) is 143 Å². The number of hydrogen-bond acceptors (Lipinski definition) is 8. The van der Waals surface area contributed by atoms with Gasteiger partial charge < -0.3 is 15.2 Å². The lowest BCUT2D eigenvalue weighted by molar-refractivity contribution is -0.142. The van der Waals surface area contributed by atoms with Crippen LogP contribution in [0.15, 0.2) is 65.8 Å². The summed E-state index contributed by atoms with van der Waals surface area (Å²) in [4.78, 5) is 25.9. The molecule has 46 heavy (non-hydrogen) atoms. The minimum Gasteiger partial charge on any atom is -0.461 e. The predicted octanol–water partition coefficient (Wildman–Crippen LogP) is 5.52. The maximum absolute atomic E-state index is 15.5. The zero-order valence-electron chi connectivity index (χ0n) is 26.2. The van der Waals surface area contributed by atoms with Gasteiger partial charge in [0.05, 0.1) is 42.1 Å². The number of carbonyl (C=O) groups excluding carboxylic acids is 1. The van der Waals surface area contributed by atoms with Crippen LogP contribution in [0.2, 0.25) is 0 Å². The van der Waals surface area contributed by atoms with Crippen LogP contribution in [0.5, 0.6) is 0 Å². The van der Waals surface area contributed by atoms with Crippen molar-refractivity contribution in [1.29, 1.82) is 0 Å². The molecule has 0 aliphatic rings. The van der Waals surface area contributed by atoms with Gasteiger partial charge in [-0.1, -0.05) is 32.9 Å². The Morgan fingerprint density at radius 1 is 1.07 bits per heavy atom. The zero-order chi connectivity index (χ0) is 32.7. The van der Waals surface area contributed by atoms with Crippen molar-refractivity contribution in [1.82, 2.24) is 29.8 Å². The number of aromatic nitrogens is 6. The molecule has 3 aromatic heterocycles. The third-order valence-corrected chi connectivity index (χ3v) is 7.99. The normalized spacial score (nSPS) is 11.9. The summed E-state index contributed by atoms with van der Waals surface area (Å²) in [5, 5.41) is 17.2. The van der Waals surface area contributed by atoms with Crippen LogP contribution in [0.3, 0.4) is 0 Å². The number of aromatic amines is 1. The van der Waals surface area contributed by atoms with Gasteiger partial charge in [-0.2, -0.15) is 20.0 Å². The summed E-state index contributed by atoms with van der Waals surface area (Å²) in [7, 11) is 1.63. The molecule has 0 spiro atoms. The first kappa shape index (κ1) is 30.7. The monoisotopic (exact) mass is 623 g/mol. The molecule has 6 aromatic rings. The van der Waals surface area contributed by atoms with Crippen molar-refractivity contribution in [3.63, 3.8) is 0 Å². The molecule has 0 aliphatic heterocycles. The zero-order valence-corrected chi connectivity index (χ0v) is 26.2. The van der Waals surface area contributed by atoms with Crippen molar-refractivity contribution in [3.8, 4) is 27.9 Å². The highest BCUT2D eigenvalue weighted by molar-refractivity contribution is 6.02. The van der Waals surface area contributed by atoms with Gasteiger partial charge >= 0.3 is 5.97 Å². The van der Waals surface area contributed by atoms with Gasteiger partial charge in [0, 0.05) is 47.7 Å². The molecule has 0 fully saturated rings. The lowest BCUT2D eigenvalue weighted by Crippen LogP contribution is -2.24. The lowest BCUT2D eigenvalue weighted by Gasteiger charge is -2.20. The van der Waals surface area contributed by atoms with Crippen molar-refractivity contribution < 1.29 is 18.7 Å². The molecular formula is C34H34FN7O4. The van der Waals surface area contributed by atoms with Crippen LogP contribution in [0.1, 0.15) is 38.8 Å². The van der Waals surface area contributed by atoms with Crippen LogP contribution in [0.4, 0.5) is 10.2 Å². The number of rotatable bonds is 8. The minimum atomic E-state index is -0.629. The first-order chi connectivity index (χ1) is 22.0. The van der Waals surface area contributed by atoms with Crippen LogP contribution >= 0.6 is 0 Å². The summed E-state index contributed by atoms with van der Waals surface area (Å²) in [5.41, 5.74) is 10.7. The molecule has 3 heterocycles. The highest BCUT2D eigenvalue weighted by Gasteiger charge is 2.22. The first-order valence-electron chi connectivity index (χ1n) is 14.7. The average molecular weight is 624 g/mol. The highest BCUT2D eigenvalue weighted by Crippen LogP contribution is 2.38. The summed E-state index contributed by atoms with van der Waals surface area (Å²) in [6.45, 7) is 8.14. The van der Waals surface area contributed by atoms with Crippen LogP contribution in [-0.4, -0.2) is 49.4 Å². The van der Waals surface area contributed by atoms with Gasteiger partial charge in [-0.15, -0.1) is 0 Å². The van der Waals surface area contributed by atoms with Crippen LogP contribution in [-0.2, 0) is 32.8 Å². The maximum atomic E-state index is 15.5. The number of nitrogens with one attached hydrogen (secondary N) is 1. The van der Waals surface area contributed by atoms with E-state index in [1.807, 2.05) is 45.2 Å². The van der Waals surface area contributed by atoms with Crippen LogP contribution in [0, 0.1) is 5.82 Å². The number of ether oxygens (including phenoxy) is 2. The molecule has 12 heteroatoms. The fourth-order valence-corrected chi connectivity index (χ4v) is 5.54. The number of H-pyrrole nitrogens is 1. The van der Waals surface area contributed by atoms with E-state index in [0.29, 0.717) is 46.6 Å². The molecule has 0 saturated heterocycles. The van der Waals surface area contributed by atoms with Crippen molar-refractivity contribution in [2.45, 2.75) is 46.3 Å². The Labute approximate surface area is 263 Å². The van der Waals surface area contributed by atoms with E-state index in [1.54, 1.807) is 36.2 Å². The van der Waals surface area contributed by atoms with E-state index in [2.05, 4.69) is 20.4 Å². The smallest absolute Gasteiger partial charge is 0.302 e. The molecule has 236 valence electrons. The molecule has 0 radical (unpaired) electrons. The van der Waals surface area contributed by atoms with Gasteiger partial charge in [-0.3, -0.25) is 19.4 Å². The molecule has 0 aliphatic carbocycles. The number of nitrogens with two attached hydrogens (primary N) is 1. The van der Waals surface area contributed by atoms with Gasteiger partial charge in [-0.05, 0) is 52.4 Å². The predicted molar refractivity (Wildman–Crippen MR) is 174 cm³/mol. The van der Waals surface area contributed by atoms with Gasteiger partial charge in [0.2, 0.25) is 0 Å². The molecule has 0 unspecified atom stereocenters. The lowest BCUT2D eigenvalue weighted by atomic mass is 9.86. The Hall–Kier alpha value is -5.36. The Kier molecular flexibility index (Phi) is 7.90. The van der Waals surface area contributed by atoms with E-state index >= 15 is 4.39 Å². The van der Waals surface area contributed by atoms with Crippen molar-refractivity contribution in [2.24, 2.45) is 0 Å². The highest BCUT2D eigenvalue weighted by atomic mass is 19.1. The second kappa shape index (κ2) is 11.9. The molecule has 6 rings (SSSR count). The summed E-state index contributed by atoms with van der Waals surface area (Å²) >= 11 is 0.